The molecule has 1 N–H and O–H groups in total. The number of aliphatic hydroxyl groups is 1. The van der Waals surface area contributed by atoms with Crippen molar-refractivity contribution in [3.05, 3.63) is 35.4 Å². The summed E-state index contributed by atoms with van der Waals surface area (Å²) in [5.74, 6) is 0. The van der Waals surface area contributed by atoms with Crippen molar-refractivity contribution in [2.24, 2.45) is 0 Å². The highest BCUT2D eigenvalue weighted by Crippen LogP contribution is 2.31. The van der Waals surface area contributed by atoms with Crippen LogP contribution in [0.3, 0.4) is 0 Å². The van der Waals surface area contributed by atoms with Gasteiger partial charge in [-0.1, -0.05) is 12.1 Å². The molecule has 1 fully saturated rings. The fourth-order valence-corrected chi connectivity index (χ4v) is 2.67. The molecule has 118 valence electrons. The molecule has 21 heavy (non-hydrogen) atoms. The average Bonchev–Trinajstić information content (AvgIpc) is 2.42. The minimum atomic E-state index is -4.38. The largest absolute Gasteiger partial charge is 0.416 e. The number of aliphatic hydroxyl groups excluding tert-OH is 1. The summed E-state index contributed by atoms with van der Waals surface area (Å²) in [4.78, 5) is 4.32. The summed E-state index contributed by atoms with van der Waals surface area (Å²) in [6, 6.07) is 5.10. The maximum Gasteiger partial charge on any atom is 0.416 e. The Morgan fingerprint density at radius 3 is 2.67 bits per heavy atom. The predicted molar refractivity (Wildman–Crippen MR) is 74.9 cm³/mol. The van der Waals surface area contributed by atoms with E-state index in [1.54, 1.807) is 6.07 Å². The fraction of sp³-hybridized carbons (Fsp3) is 0.600. The average molecular weight is 302 g/mol. The quantitative estimate of drug-likeness (QED) is 0.928. The molecular formula is C15H21F3N2O. The van der Waals surface area contributed by atoms with Gasteiger partial charge in [0, 0.05) is 25.7 Å². The molecule has 1 aromatic rings. The zero-order valence-corrected chi connectivity index (χ0v) is 12.3. The van der Waals surface area contributed by atoms with Gasteiger partial charge in [-0.2, -0.15) is 13.2 Å². The monoisotopic (exact) mass is 302 g/mol. The number of hydrogen-bond donors (Lipinski definition) is 1. The van der Waals surface area contributed by atoms with E-state index in [0.717, 1.165) is 31.8 Å². The van der Waals surface area contributed by atoms with Crippen molar-refractivity contribution >= 4 is 0 Å². The highest BCUT2D eigenvalue weighted by Gasteiger charge is 2.31. The highest BCUT2D eigenvalue weighted by molar-refractivity contribution is 5.27. The number of likely N-dealkylation sites (N-methyl/N-ethyl adjacent to an activating group) is 2. The van der Waals surface area contributed by atoms with Crippen LogP contribution in [-0.4, -0.2) is 54.7 Å². The van der Waals surface area contributed by atoms with Crippen LogP contribution >= 0.6 is 0 Å². The van der Waals surface area contributed by atoms with Crippen molar-refractivity contribution < 1.29 is 18.3 Å². The standard InChI is InChI=1S/C15H21F3N2O/c1-19-6-7-20(2)13(10-19)9-14(21)11-4-3-5-12(8-11)15(16,17)18/h3-5,8,13-14,21H,6-7,9-10H2,1-2H3. The minimum Gasteiger partial charge on any atom is -0.388 e. The van der Waals surface area contributed by atoms with E-state index in [9.17, 15) is 18.3 Å². The Morgan fingerprint density at radius 1 is 1.29 bits per heavy atom. The van der Waals surface area contributed by atoms with Crippen LogP contribution in [0, 0.1) is 0 Å². The molecular weight excluding hydrogens is 281 g/mol. The van der Waals surface area contributed by atoms with Crippen LogP contribution in [0.2, 0.25) is 0 Å². The Morgan fingerprint density at radius 2 is 2.00 bits per heavy atom. The summed E-state index contributed by atoms with van der Waals surface area (Å²) >= 11 is 0. The number of halogens is 3. The van der Waals surface area contributed by atoms with Gasteiger partial charge in [0.1, 0.15) is 0 Å². The van der Waals surface area contributed by atoms with Crippen LogP contribution in [0.15, 0.2) is 24.3 Å². The number of alkyl halides is 3. The van der Waals surface area contributed by atoms with Gasteiger partial charge in [0.05, 0.1) is 11.7 Å². The Balaban J connectivity index is 2.08. The van der Waals surface area contributed by atoms with Gasteiger partial charge < -0.3 is 14.9 Å². The molecule has 0 aliphatic carbocycles. The van der Waals surface area contributed by atoms with Gasteiger partial charge in [0.2, 0.25) is 0 Å². The van der Waals surface area contributed by atoms with Gasteiger partial charge in [0.25, 0.3) is 0 Å². The first-order valence-electron chi connectivity index (χ1n) is 7.01. The van der Waals surface area contributed by atoms with Crippen molar-refractivity contribution in [3.8, 4) is 0 Å². The van der Waals surface area contributed by atoms with E-state index in [-0.39, 0.29) is 6.04 Å². The van der Waals surface area contributed by atoms with Crippen molar-refractivity contribution in [2.45, 2.75) is 24.7 Å². The Labute approximate surface area is 123 Å². The van der Waals surface area contributed by atoms with Gasteiger partial charge in [-0.3, -0.25) is 0 Å². The molecule has 6 heteroatoms. The van der Waals surface area contributed by atoms with E-state index in [2.05, 4.69) is 9.80 Å². The lowest BCUT2D eigenvalue weighted by atomic mass is 9.98. The van der Waals surface area contributed by atoms with Crippen molar-refractivity contribution in [3.63, 3.8) is 0 Å². The molecule has 1 aromatic carbocycles. The van der Waals surface area contributed by atoms with Crippen LogP contribution in [0.1, 0.15) is 23.7 Å². The topological polar surface area (TPSA) is 26.7 Å². The smallest absolute Gasteiger partial charge is 0.388 e. The first-order valence-corrected chi connectivity index (χ1v) is 7.01. The summed E-state index contributed by atoms with van der Waals surface area (Å²) in [5.41, 5.74) is -0.389. The van der Waals surface area contributed by atoms with Crippen LogP contribution in [-0.2, 0) is 6.18 Å². The normalized spacial score (nSPS) is 23.2. The molecule has 2 atom stereocenters. The minimum absolute atomic E-state index is 0.147. The third-order valence-electron chi connectivity index (χ3n) is 4.07. The molecule has 0 spiro atoms. The lowest BCUT2D eigenvalue weighted by Gasteiger charge is -2.38. The molecule has 3 nitrogen and oxygen atoms in total. The lowest BCUT2D eigenvalue weighted by Crippen LogP contribution is -2.50. The van der Waals surface area contributed by atoms with Gasteiger partial charge >= 0.3 is 6.18 Å². The summed E-state index contributed by atoms with van der Waals surface area (Å²) in [6.45, 7) is 2.68. The molecule has 0 amide bonds. The molecule has 1 saturated heterocycles. The van der Waals surface area contributed by atoms with Crippen LogP contribution in [0.25, 0.3) is 0 Å². The SMILES string of the molecule is CN1CCN(C)C(CC(O)c2cccc(C(F)(F)F)c2)C1. The Hall–Kier alpha value is -1.11. The Bertz CT molecular complexity index is 478. The molecule has 2 rings (SSSR count). The number of rotatable bonds is 3. The molecule has 0 saturated carbocycles. The van der Waals surface area contributed by atoms with Gasteiger partial charge in [-0.05, 0) is 38.2 Å². The van der Waals surface area contributed by atoms with Crippen LogP contribution < -0.4 is 0 Å². The van der Waals surface area contributed by atoms with Crippen molar-refractivity contribution in [2.75, 3.05) is 33.7 Å². The molecule has 0 radical (unpaired) electrons. The molecule has 1 aliphatic rings. The van der Waals surface area contributed by atoms with Gasteiger partial charge in [-0.25, -0.2) is 0 Å². The second kappa shape index (κ2) is 6.34. The van der Waals surface area contributed by atoms with E-state index >= 15 is 0 Å². The second-order valence-corrected chi connectivity index (χ2v) is 5.77. The summed E-state index contributed by atoms with van der Waals surface area (Å²) < 4.78 is 38.1. The molecule has 2 unspecified atom stereocenters. The van der Waals surface area contributed by atoms with E-state index in [4.69, 9.17) is 0 Å². The third-order valence-corrected chi connectivity index (χ3v) is 4.07. The molecule has 0 aromatic heterocycles. The number of piperazine rings is 1. The second-order valence-electron chi connectivity index (χ2n) is 5.77. The van der Waals surface area contributed by atoms with Crippen molar-refractivity contribution in [1.82, 2.24) is 9.80 Å². The third kappa shape index (κ3) is 4.18. The fourth-order valence-electron chi connectivity index (χ4n) is 2.67. The first kappa shape index (κ1) is 16.3. The van der Waals surface area contributed by atoms with Gasteiger partial charge in [0.15, 0.2) is 0 Å². The zero-order valence-electron chi connectivity index (χ0n) is 12.3. The zero-order chi connectivity index (χ0) is 15.6. The Kier molecular flexibility index (Phi) is 4.91. The maximum absolute atomic E-state index is 12.7. The summed E-state index contributed by atoms with van der Waals surface area (Å²) in [7, 11) is 3.99. The number of nitrogens with zero attached hydrogens (tertiary/aromatic N) is 2. The van der Waals surface area contributed by atoms with Crippen LogP contribution in [0.4, 0.5) is 13.2 Å². The predicted octanol–water partition coefficient (Wildman–Crippen LogP) is 2.37. The number of hydrogen-bond acceptors (Lipinski definition) is 3. The lowest BCUT2D eigenvalue weighted by molar-refractivity contribution is -0.137. The molecule has 0 bridgehead atoms. The van der Waals surface area contributed by atoms with Gasteiger partial charge in [-0.15, -0.1) is 0 Å². The van der Waals surface area contributed by atoms with E-state index in [0.29, 0.717) is 12.0 Å². The number of benzene rings is 1. The molecule has 1 aliphatic heterocycles. The van der Waals surface area contributed by atoms with Crippen LogP contribution in [0.5, 0.6) is 0 Å². The first-order chi connectivity index (χ1) is 9.77. The van der Waals surface area contributed by atoms with E-state index in [1.807, 2.05) is 14.1 Å². The summed E-state index contributed by atoms with van der Waals surface area (Å²) in [5, 5.41) is 10.3. The van der Waals surface area contributed by atoms with E-state index < -0.39 is 17.8 Å². The maximum atomic E-state index is 12.7. The summed E-state index contributed by atoms with van der Waals surface area (Å²) in [6.07, 6.45) is -4.83. The van der Waals surface area contributed by atoms with E-state index in [1.165, 1.54) is 6.07 Å². The van der Waals surface area contributed by atoms with Crippen molar-refractivity contribution in [1.29, 1.82) is 0 Å². The highest BCUT2D eigenvalue weighted by atomic mass is 19.4. The molecule has 1 heterocycles.